The van der Waals surface area contributed by atoms with E-state index in [-0.39, 0.29) is 0 Å². The second-order valence-corrected chi connectivity index (χ2v) is 3.64. The highest BCUT2D eigenvalue weighted by molar-refractivity contribution is 5.39. The Bertz CT molecular complexity index is 478. The minimum atomic E-state index is 0.621. The normalized spacial score (nSPS) is 10.2. The number of rotatable bonds is 5. The van der Waals surface area contributed by atoms with Gasteiger partial charge in [0.15, 0.2) is 0 Å². The van der Waals surface area contributed by atoms with Crippen molar-refractivity contribution in [1.29, 1.82) is 0 Å². The van der Waals surface area contributed by atoms with E-state index < -0.39 is 0 Å². The first-order chi connectivity index (χ1) is 8.29. The Morgan fingerprint density at radius 1 is 1.29 bits per heavy atom. The van der Waals surface area contributed by atoms with Crippen LogP contribution in [0.5, 0.6) is 0 Å². The van der Waals surface area contributed by atoms with Crippen molar-refractivity contribution in [1.82, 2.24) is 19.7 Å². The third-order valence-corrected chi connectivity index (χ3v) is 2.49. The van der Waals surface area contributed by atoms with Gasteiger partial charge in [-0.2, -0.15) is 10.1 Å². The second-order valence-electron chi connectivity index (χ2n) is 3.64. The zero-order valence-corrected chi connectivity index (χ0v) is 10.0. The molecule has 0 atom stereocenters. The molecule has 0 amide bonds. The fraction of sp³-hybridized carbons (Fsp3) is 0.364. The Labute approximate surface area is 100 Å². The molecular formula is C11H16N6. The third kappa shape index (κ3) is 2.93. The number of aryl methyl sites for hydroxylation is 1. The lowest BCUT2D eigenvalue weighted by Gasteiger charge is -2.06. The van der Waals surface area contributed by atoms with Crippen LogP contribution in [0.3, 0.4) is 0 Å². The zero-order valence-electron chi connectivity index (χ0n) is 10.0. The van der Waals surface area contributed by atoms with Crippen molar-refractivity contribution in [3.8, 4) is 0 Å². The zero-order chi connectivity index (χ0) is 12.1. The number of hydrogen-bond acceptors (Lipinski definition) is 5. The predicted molar refractivity (Wildman–Crippen MR) is 67.0 cm³/mol. The van der Waals surface area contributed by atoms with Crippen LogP contribution in [0.15, 0.2) is 24.5 Å². The Balaban J connectivity index is 1.87. The van der Waals surface area contributed by atoms with Crippen molar-refractivity contribution in [3.63, 3.8) is 0 Å². The smallest absolute Gasteiger partial charge is 0.224 e. The van der Waals surface area contributed by atoms with Crippen LogP contribution in [0.25, 0.3) is 0 Å². The SMILES string of the molecule is CNc1nccc(NCCc2ccnn2C)n1. The van der Waals surface area contributed by atoms with Crippen molar-refractivity contribution < 1.29 is 0 Å². The van der Waals surface area contributed by atoms with E-state index in [0.29, 0.717) is 5.95 Å². The number of hydrogen-bond donors (Lipinski definition) is 2. The van der Waals surface area contributed by atoms with Gasteiger partial charge in [-0.3, -0.25) is 4.68 Å². The van der Waals surface area contributed by atoms with Crippen molar-refractivity contribution in [2.24, 2.45) is 7.05 Å². The van der Waals surface area contributed by atoms with E-state index in [4.69, 9.17) is 0 Å². The highest BCUT2D eigenvalue weighted by Gasteiger charge is 1.99. The molecule has 2 heterocycles. The molecule has 17 heavy (non-hydrogen) atoms. The topological polar surface area (TPSA) is 67.7 Å². The van der Waals surface area contributed by atoms with Gasteiger partial charge in [0.2, 0.25) is 5.95 Å². The fourth-order valence-electron chi connectivity index (χ4n) is 1.54. The molecule has 0 bridgehead atoms. The summed E-state index contributed by atoms with van der Waals surface area (Å²) in [5.41, 5.74) is 1.19. The molecule has 0 saturated heterocycles. The Morgan fingerprint density at radius 3 is 2.88 bits per heavy atom. The summed E-state index contributed by atoms with van der Waals surface area (Å²) in [5.74, 6) is 1.45. The van der Waals surface area contributed by atoms with Crippen LogP contribution in [0, 0.1) is 0 Å². The maximum absolute atomic E-state index is 4.28. The van der Waals surface area contributed by atoms with Gasteiger partial charge >= 0.3 is 0 Å². The van der Waals surface area contributed by atoms with E-state index in [1.165, 1.54) is 5.69 Å². The van der Waals surface area contributed by atoms with Crippen LogP contribution in [-0.4, -0.2) is 33.3 Å². The number of aromatic nitrogens is 4. The van der Waals surface area contributed by atoms with Crippen molar-refractivity contribution >= 4 is 11.8 Å². The van der Waals surface area contributed by atoms with Gasteiger partial charge in [0, 0.05) is 45.1 Å². The third-order valence-electron chi connectivity index (χ3n) is 2.49. The maximum Gasteiger partial charge on any atom is 0.224 e. The van der Waals surface area contributed by atoms with E-state index in [1.54, 1.807) is 19.4 Å². The molecule has 0 saturated carbocycles. The fourth-order valence-corrected chi connectivity index (χ4v) is 1.54. The van der Waals surface area contributed by atoms with Crippen molar-refractivity contribution in [2.75, 3.05) is 24.2 Å². The lowest BCUT2D eigenvalue weighted by Crippen LogP contribution is -2.10. The van der Waals surface area contributed by atoms with E-state index in [2.05, 4.69) is 25.7 Å². The molecule has 2 aromatic heterocycles. The minimum absolute atomic E-state index is 0.621. The van der Waals surface area contributed by atoms with Crippen LogP contribution in [0.2, 0.25) is 0 Å². The first kappa shape index (κ1) is 11.4. The van der Waals surface area contributed by atoms with Crippen LogP contribution >= 0.6 is 0 Å². The summed E-state index contributed by atoms with van der Waals surface area (Å²) in [4.78, 5) is 8.33. The molecule has 0 spiro atoms. The molecule has 2 aromatic rings. The molecule has 6 nitrogen and oxygen atoms in total. The van der Waals surface area contributed by atoms with Gasteiger partial charge in [-0.1, -0.05) is 0 Å². The molecule has 0 aliphatic heterocycles. The number of anilines is 2. The van der Waals surface area contributed by atoms with Gasteiger partial charge in [0.05, 0.1) is 0 Å². The summed E-state index contributed by atoms with van der Waals surface area (Å²) in [6, 6.07) is 3.87. The summed E-state index contributed by atoms with van der Waals surface area (Å²) >= 11 is 0. The standard InChI is InChI=1S/C11H16N6/c1-12-11-14-7-5-10(16-11)13-6-3-9-4-8-15-17(9)2/h4-5,7-8H,3,6H2,1-2H3,(H2,12,13,14,16). The molecule has 2 N–H and O–H groups in total. The predicted octanol–water partition coefficient (Wildman–Crippen LogP) is 0.906. The van der Waals surface area contributed by atoms with E-state index in [0.717, 1.165) is 18.8 Å². The monoisotopic (exact) mass is 232 g/mol. The molecular weight excluding hydrogens is 216 g/mol. The largest absolute Gasteiger partial charge is 0.370 e. The molecule has 0 fully saturated rings. The molecule has 0 aromatic carbocycles. The second kappa shape index (κ2) is 5.29. The van der Waals surface area contributed by atoms with E-state index >= 15 is 0 Å². The Kier molecular flexibility index (Phi) is 3.54. The van der Waals surface area contributed by atoms with Gasteiger partial charge in [-0.15, -0.1) is 0 Å². The highest BCUT2D eigenvalue weighted by atomic mass is 15.3. The summed E-state index contributed by atoms with van der Waals surface area (Å²) in [5, 5.41) is 10.3. The van der Waals surface area contributed by atoms with Gasteiger partial charge in [-0.25, -0.2) is 4.98 Å². The molecule has 0 radical (unpaired) electrons. The van der Waals surface area contributed by atoms with E-state index in [9.17, 15) is 0 Å². The lowest BCUT2D eigenvalue weighted by atomic mass is 10.3. The van der Waals surface area contributed by atoms with Crippen LogP contribution in [0.4, 0.5) is 11.8 Å². The summed E-state index contributed by atoms with van der Waals surface area (Å²) in [7, 11) is 3.74. The Morgan fingerprint density at radius 2 is 2.18 bits per heavy atom. The first-order valence-electron chi connectivity index (χ1n) is 5.51. The average Bonchev–Trinajstić information content (AvgIpc) is 2.76. The molecule has 6 heteroatoms. The van der Waals surface area contributed by atoms with Gasteiger partial charge in [0.1, 0.15) is 5.82 Å². The molecule has 0 aliphatic rings. The Hall–Kier alpha value is -2.11. The molecule has 0 aliphatic carbocycles. The molecule has 0 unspecified atom stereocenters. The van der Waals surface area contributed by atoms with Crippen molar-refractivity contribution in [3.05, 3.63) is 30.2 Å². The maximum atomic E-state index is 4.28. The summed E-state index contributed by atoms with van der Waals surface area (Å²) in [6.07, 6.45) is 4.44. The van der Waals surface area contributed by atoms with Gasteiger partial charge < -0.3 is 10.6 Å². The molecule has 90 valence electrons. The summed E-state index contributed by atoms with van der Waals surface area (Å²) in [6.45, 7) is 0.819. The van der Waals surface area contributed by atoms with Crippen LogP contribution in [0.1, 0.15) is 5.69 Å². The van der Waals surface area contributed by atoms with Gasteiger partial charge in [0.25, 0.3) is 0 Å². The van der Waals surface area contributed by atoms with Crippen molar-refractivity contribution in [2.45, 2.75) is 6.42 Å². The number of nitrogens with zero attached hydrogens (tertiary/aromatic N) is 4. The van der Waals surface area contributed by atoms with Crippen LogP contribution in [-0.2, 0) is 13.5 Å². The summed E-state index contributed by atoms with van der Waals surface area (Å²) < 4.78 is 1.88. The van der Waals surface area contributed by atoms with Crippen LogP contribution < -0.4 is 10.6 Å². The highest BCUT2D eigenvalue weighted by Crippen LogP contribution is 2.05. The molecule has 2 rings (SSSR count). The quantitative estimate of drug-likeness (QED) is 0.802. The van der Waals surface area contributed by atoms with E-state index in [1.807, 2.05) is 23.9 Å². The lowest BCUT2D eigenvalue weighted by molar-refractivity contribution is 0.711. The average molecular weight is 232 g/mol. The minimum Gasteiger partial charge on any atom is -0.370 e. The first-order valence-corrected chi connectivity index (χ1v) is 5.51. The number of nitrogens with one attached hydrogen (secondary N) is 2. The van der Waals surface area contributed by atoms with Gasteiger partial charge in [-0.05, 0) is 12.1 Å².